The molecule has 0 aliphatic rings. The molecular formula is C35H39FN6O3. The Bertz CT molecular complexity index is 2010. The number of aliphatic hydroxyl groups is 1. The predicted molar refractivity (Wildman–Crippen MR) is 177 cm³/mol. The molecule has 0 atom stereocenters. The van der Waals surface area contributed by atoms with Gasteiger partial charge in [0.2, 0.25) is 0 Å². The van der Waals surface area contributed by atoms with Gasteiger partial charge < -0.3 is 20.7 Å². The fourth-order valence-electron chi connectivity index (χ4n) is 5.55. The number of hydrogen-bond acceptors (Lipinski definition) is 7. The van der Waals surface area contributed by atoms with Gasteiger partial charge in [-0.1, -0.05) is 45.9 Å². The molecule has 0 spiro atoms. The van der Waals surface area contributed by atoms with Gasteiger partial charge in [0.05, 0.1) is 23.9 Å². The number of aromatic nitrogens is 4. The van der Waals surface area contributed by atoms with Gasteiger partial charge >= 0.3 is 0 Å². The van der Waals surface area contributed by atoms with Crippen LogP contribution in [0.3, 0.4) is 0 Å². The van der Waals surface area contributed by atoms with Crippen molar-refractivity contribution in [2.75, 3.05) is 11.9 Å². The first-order valence-electron chi connectivity index (χ1n) is 14.9. The molecule has 45 heavy (non-hydrogen) atoms. The minimum Gasteiger partial charge on any atom is -0.392 e. The molecule has 0 unspecified atom stereocenters. The Morgan fingerprint density at radius 1 is 0.978 bits per heavy atom. The number of fused-ring (bicyclic) bond motifs is 1. The lowest BCUT2D eigenvalue weighted by atomic mass is 9.86. The molecule has 10 heteroatoms. The molecule has 0 bridgehead atoms. The first kappa shape index (κ1) is 31.7. The van der Waals surface area contributed by atoms with Crippen LogP contribution in [0.4, 0.5) is 15.9 Å². The third-order valence-corrected chi connectivity index (χ3v) is 8.14. The summed E-state index contributed by atoms with van der Waals surface area (Å²) in [5.41, 5.74) is 2.95. The molecule has 0 aliphatic carbocycles. The van der Waals surface area contributed by atoms with Gasteiger partial charge in [0.1, 0.15) is 17.3 Å². The van der Waals surface area contributed by atoms with Crippen molar-refractivity contribution < 1.29 is 9.50 Å². The minimum absolute atomic E-state index is 0.0774. The van der Waals surface area contributed by atoms with Crippen LogP contribution in [-0.2, 0) is 17.6 Å². The number of nitrogens with zero attached hydrogens (tertiary/aromatic N) is 3. The standard InChI is InChI=1S/C35H39FN6O3/c1-8-38-35(6,7)22-12-13-30(37-18-22)41-28-16-25(20(2)40-32(28)44)24-10-9-11-29(26(24)19-43)42-33(45)31-21(17-39-42)14-23(15-27(31)36)34(3,4)5/h9-18,38,43H,8,19H2,1-7H3,(H,37,41)(H,40,44). The van der Waals surface area contributed by atoms with Gasteiger partial charge in [-0.05, 0) is 79.8 Å². The fourth-order valence-corrected chi connectivity index (χ4v) is 5.55. The summed E-state index contributed by atoms with van der Waals surface area (Å²) < 4.78 is 16.5. The van der Waals surface area contributed by atoms with Crippen LogP contribution in [0.2, 0.25) is 0 Å². The van der Waals surface area contributed by atoms with Crippen LogP contribution < -0.4 is 21.8 Å². The van der Waals surface area contributed by atoms with E-state index < -0.39 is 18.0 Å². The van der Waals surface area contributed by atoms with Gasteiger partial charge in [0, 0.05) is 33.9 Å². The first-order chi connectivity index (χ1) is 21.2. The van der Waals surface area contributed by atoms with Gasteiger partial charge in [-0.2, -0.15) is 9.78 Å². The third-order valence-electron chi connectivity index (χ3n) is 8.14. The number of aryl methyl sites for hydroxylation is 1. The lowest BCUT2D eigenvalue weighted by molar-refractivity contribution is 0.282. The molecule has 3 aromatic heterocycles. The van der Waals surface area contributed by atoms with Crippen LogP contribution in [0.5, 0.6) is 0 Å². The maximum Gasteiger partial charge on any atom is 0.282 e. The zero-order valence-electron chi connectivity index (χ0n) is 26.7. The van der Waals surface area contributed by atoms with Crippen LogP contribution in [-0.4, -0.2) is 31.4 Å². The number of hydrogen-bond donors (Lipinski definition) is 4. The monoisotopic (exact) mass is 610 g/mol. The van der Waals surface area contributed by atoms with Crippen molar-refractivity contribution >= 4 is 22.3 Å². The van der Waals surface area contributed by atoms with E-state index in [1.165, 1.54) is 12.3 Å². The van der Waals surface area contributed by atoms with Crippen LogP contribution in [0.15, 0.2) is 70.5 Å². The largest absolute Gasteiger partial charge is 0.392 e. The highest BCUT2D eigenvalue weighted by Crippen LogP contribution is 2.32. The normalized spacial score (nSPS) is 12.1. The summed E-state index contributed by atoms with van der Waals surface area (Å²) in [7, 11) is 0. The summed E-state index contributed by atoms with van der Waals surface area (Å²) in [5.74, 6) is -0.134. The van der Waals surface area contributed by atoms with Crippen molar-refractivity contribution in [2.45, 2.75) is 66.0 Å². The molecule has 0 amide bonds. The number of pyridine rings is 2. The zero-order chi connectivity index (χ0) is 32.7. The minimum atomic E-state index is -0.635. The number of nitrogens with one attached hydrogen (secondary N) is 3. The SMILES string of the molecule is CCNC(C)(C)c1ccc(Nc2cc(-c3cccc(-n4ncc5cc(C(C)(C)C)cc(F)c5c4=O)c3CO)c(C)[nH]c2=O)nc1. The van der Waals surface area contributed by atoms with Crippen molar-refractivity contribution in [3.05, 3.63) is 110 Å². The first-order valence-corrected chi connectivity index (χ1v) is 14.9. The average Bonchev–Trinajstić information content (AvgIpc) is 2.98. The summed E-state index contributed by atoms with van der Waals surface area (Å²) in [6.07, 6.45) is 3.23. The van der Waals surface area contributed by atoms with E-state index in [1.54, 1.807) is 43.5 Å². The smallest absolute Gasteiger partial charge is 0.282 e. The second kappa shape index (κ2) is 12.0. The average molecular weight is 611 g/mol. The highest BCUT2D eigenvalue weighted by Gasteiger charge is 2.22. The molecule has 3 heterocycles. The molecule has 234 valence electrons. The third kappa shape index (κ3) is 6.16. The van der Waals surface area contributed by atoms with E-state index >= 15 is 4.39 Å². The summed E-state index contributed by atoms with van der Waals surface area (Å²) >= 11 is 0. The second-order valence-electron chi connectivity index (χ2n) is 12.8. The Hall–Kier alpha value is -4.67. The van der Waals surface area contributed by atoms with E-state index in [-0.39, 0.29) is 27.6 Å². The maximum atomic E-state index is 15.3. The van der Waals surface area contributed by atoms with Crippen LogP contribution in [0.25, 0.3) is 27.6 Å². The molecule has 2 aromatic carbocycles. The Morgan fingerprint density at radius 2 is 1.73 bits per heavy atom. The highest BCUT2D eigenvalue weighted by molar-refractivity contribution is 5.83. The van der Waals surface area contributed by atoms with Crippen molar-refractivity contribution in [3.8, 4) is 16.8 Å². The summed E-state index contributed by atoms with van der Waals surface area (Å²) in [6.45, 7) is 14.2. The molecule has 9 nitrogen and oxygen atoms in total. The Kier molecular flexibility index (Phi) is 8.48. The topological polar surface area (TPSA) is 125 Å². The number of rotatable bonds is 8. The summed E-state index contributed by atoms with van der Waals surface area (Å²) in [5, 5.41) is 21.8. The summed E-state index contributed by atoms with van der Waals surface area (Å²) in [4.78, 5) is 34.0. The van der Waals surface area contributed by atoms with Gasteiger partial charge in [-0.15, -0.1) is 0 Å². The molecular weight excluding hydrogens is 571 g/mol. The summed E-state index contributed by atoms with van der Waals surface area (Å²) in [6, 6.07) is 13.8. The molecule has 0 saturated heterocycles. The van der Waals surface area contributed by atoms with Crippen molar-refractivity contribution in [1.29, 1.82) is 0 Å². The fraction of sp³-hybridized carbons (Fsp3) is 0.314. The molecule has 0 fully saturated rings. The quantitative estimate of drug-likeness (QED) is 0.171. The van der Waals surface area contributed by atoms with Crippen LogP contribution in [0.1, 0.15) is 63.9 Å². The number of H-pyrrole nitrogens is 1. The zero-order valence-corrected chi connectivity index (χ0v) is 26.7. The predicted octanol–water partition coefficient (Wildman–Crippen LogP) is 5.96. The van der Waals surface area contributed by atoms with E-state index in [9.17, 15) is 14.7 Å². The number of halogens is 1. The van der Waals surface area contributed by atoms with Gasteiger partial charge in [-0.3, -0.25) is 9.59 Å². The lowest BCUT2D eigenvalue weighted by Gasteiger charge is -2.26. The van der Waals surface area contributed by atoms with Crippen molar-refractivity contribution in [3.63, 3.8) is 0 Å². The van der Waals surface area contributed by atoms with Crippen molar-refractivity contribution in [2.24, 2.45) is 0 Å². The number of benzene rings is 2. The Morgan fingerprint density at radius 3 is 2.38 bits per heavy atom. The Balaban J connectivity index is 1.57. The van der Waals surface area contributed by atoms with E-state index in [4.69, 9.17) is 0 Å². The van der Waals surface area contributed by atoms with E-state index in [0.717, 1.165) is 22.4 Å². The molecule has 0 aliphatic heterocycles. The molecule has 0 saturated carbocycles. The molecule has 0 radical (unpaired) electrons. The number of anilines is 2. The maximum absolute atomic E-state index is 15.3. The number of aromatic amines is 1. The van der Waals surface area contributed by atoms with Crippen molar-refractivity contribution in [1.82, 2.24) is 25.1 Å². The van der Waals surface area contributed by atoms with E-state index in [1.807, 2.05) is 39.8 Å². The van der Waals surface area contributed by atoms with Gasteiger partial charge in [0.15, 0.2) is 0 Å². The Labute approximate surface area is 261 Å². The van der Waals surface area contributed by atoms with Crippen LogP contribution in [0, 0.1) is 12.7 Å². The van der Waals surface area contributed by atoms with Crippen LogP contribution >= 0.6 is 0 Å². The number of aliphatic hydroxyl groups excluding tert-OH is 1. The van der Waals surface area contributed by atoms with Gasteiger partial charge in [0.25, 0.3) is 11.1 Å². The molecule has 5 rings (SSSR count). The highest BCUT2D eigenvalue weighted by atomic mass is 19.1. The van der Waals surface area contributed by atoms with Gasteiger partial charge in [-0.25, -0.2) is 9.37 Å². The van der Waals surface area contributed by atoms with E-state index in [2.05, 4.69) is 39.5 Å². The second-order valence-corrected chi connectivity index (χ2v) is 12.8. The lowest BCUT2D eigenvalue weighted by Crippen LogP contribution is -2.36. The van der Waals surface area contributed by atoms with E-state index in [0.29, 0.717) is 39.3 Å². The molecule has 5 aromatic rings. The molecule has 4 N–H and O–H groups in total.